The fourth-order valence-electron chi connectivity index (χ4n) is 2.34. The number of benzene rings is 1. The molecule has 0 radical (unpaired) electrons. The molecule has 0 aliphatic heterocycles. The van der Waals surface area contributed by atoms with Gasteiger partial charge in [0.05, 0.1) is 6.04 Å². The summed E-state index contributed by atoms with van der Waals surface area (Å²) in [5.74, 6) is -0.0359. The molecule has 21 heavy (non-hydrogen) atoms. The molecule has 1 rings (SSSR count). The van der Waals surface area contributed by atoms with Gasteiger partial charge >= 0.3 is 0 Å². The van der Waals surface area contributed by atoms with E-state index in [4.69, 9.17) is 5.73 Å². The number of carbonyl (C=O) groups is 1. The number of aryl methyl sites for hydroxylation is 1. The molecule has 3 nitrogen and oxygen atoms in total. The van der Waals surface area contributed by atoms with Crippen LogP contribution >= 0.6 is 11.8 Å². The van der Waals surface area contributed by atoms with E-state index in [1.807, 2.05) is 30.0 Å². The smallest absolute Gasteiger partial charge is 0.236 e. The Morgan fingerprint density at radius 1 is 1.29 bits per heavy atom. The summed E-state index contributed by atoms with van der Waals surface area (Å²) in [6.45, 7) is 5.03. The van der Waals surface area contributed by atoms with Crippen molar-refractivity contribution in [2.24, 2.45) is 5.73 Å². The second-order valence-corrected chi connectivity index (χ2v) is 6.72. The Morgan fingerprint density at radius 2 is 1.90 bits per heavy atom. The highest BCUT2D eigenvalue weighted by molar-refractivity contribution is 8.00. The van der Waals surface area contributed by atoms with Crippen LogP contribution in [0.3, 0.4) is 0 Å². The molecule has 1 amide bonds. The Morgan fingerprint density at radius 3 is 2.43 bits per heavy atom. The first kappa shape index (κ1) is 18.1. The van der Waals surface area contributed by atoms with E-state index < -0.39 is 6.04 Å². The van der Waals surface area contributed by atoms with Crippen molar-refractivity contribution in [3.8, 4) is 0 Å². The van der Waals surface area contributed by atoms with Crippen molar-refractivity contribution in [2.75, 3.05) is 12.8 Å². The van der Waals surface area contributed by atoms with Gasteiger partial charge in [0.2, 0.25) is 5.91 Å². The van der Waals surface area contributed by atoms with Gasteiger partial charge in [-0.25, -0.2) is 0 Å². The minimum atomic E-state index is -0.432. The number of carbonyl (C=O) groups excluding carboxylic acids is 1. The van der Waals surface area contributed by atoms with Gasteiger partial charge in [-0.2, -0.15) is 11.8 Å². The van der Waals surface area contributed by atoms with Crippen LogP contribution in [0.5, 0.6) is 0 Å². The maximum Gasteiger partial charge on any atom is 0.236 e. The summed E-state index contributed by atoms with van der Waals surface area (Å²) in [4.78, 5) is 12.1. The van der Waals surface area contributed by atoms with E-state index in [0.29, 0.717) is 13.0 Å². The maximum atomic E-state index is 12.1. The zero-order chi connectivity index (χ0) is 15.7. The van der Waals surface area contributed by atoms with Gasteiger partial charge in [0.25, 0.3) is 0 Å². The van der Waals surface area contributed by atoms with Gasteiger partial charge < -0.3 is 11.1 Å². The number of thioether (sulfide) groups is 1. The summed E-state index contributed by atoms with van der Waals surface area (Å²) in [5.41, 5.74) is 7.22. The quantitative estimate of drug-likeness (QED) is 0.737. The van der Waals surface area contributed by atoms with Crippen LogP contribution in [-0.4, -0.2) is 29.5 Å². The second-order valence-electron chi connectivity index (χ2n) is 5.44. The summed E-state index contributed by atoms with van der Waals surface area (Å²) in [7, 11) is 0. The molecular weight excluding hydrogens is 280 g/mol. The highest BCUT2D eigenvalue weighted by Crippen LogP contribution is 2.29. The van der Waals surface area contributed by atoms with Crippen molar-refractivity contribution >= 4 is 17.7 Å². The Kier molecular flexibility index (Phi) is 7.83. The first-order valence-electron chi connectivity index (χ1n) is 7.69. The summed E-state index contributed by atoms with van der Waals surface area (Å²) >= 11 is 1.83. The Bertz CT molecular complexity index is 410. The molecule has 3 N–H and O–H groups in total. The number of hydrogen-bond acceptors (Lipinski definition) is 3. The minimum absolute atomic E-state index is 0.0359. The molecule has 0 heterocycles. The molecule has 0 saturated carbocycles. The van der Waals surface area contributed by atoms with E-state index in [1.165, 1.54) is 5.56 Å². The minimum Gasteiger partial charge on any atom is -0.353 e. The van der Waals surface area contributed by atoms with Gasteiger partial charge in [0.1, 0.15) is 0 Å². The lowest BCUT2D eigenvalue weighted by Gasteiger charge is -2.30. The van der Waals surface area contributed by atoms with Crippen molar-refractivity contribution in [3.63, 3.8) is 0 Å². The van der Waals surface area contributed by atoms with Gasteiger partial charge in [-0.15, -0.1) is 0 Å². The number of nitrogens with one attached hydrogen (secondary N) is 1. The van der Waals surface area contributed by atoms with Gasteiger partial charge in [0.15, 0.2) is 0 Å². The Labute approximate surface area is 133 Å². The summed E-state index contributed by atoms with van der Waals surface area (Å²) < 4.78 is 0.134. The van der Waals surface area contributed by atoms with Crippen LogP contribution in [0.25, 0.3) is 0 Å². The predicted molar refractivity (Wildman–Crippen MR) is 92.6 cm³/mol. The topological polar surface area (TPSA) is 55.1 Å². The molecule has 1 atom stereocenters. The molecule has 0 aromatic heterocycles. The maximum absolute atomic E-state index is 12.1. The van der Waals surface area contributed by atoms with E-state index in [0.717, 1.165) is 19.3 Å². The summed E-state index contributed by atoms with van der Waals surface area (Å²) in [5, 5.41) is 3.03. The van der Waals surface area contributed by atoms with Crippen LogP contribution in [0.1, 0.15) is 38.7 Å². The van der Waals surface area contributed by atoms with E-state index in [2.05, 4.69) is 37.6 Å². The molecule has 0 spiro atoms. The lowest BCUT2D eigenvalue weighted by molar-refractivity contribution is -0.122. The fourth-order valence-corrected chi connectivity index (χ4v) is 3.13. The average molecular weight is 308 g/mol. The Hall–Kier alpha value is -1.00. The van der Waals surface area contributed by atoms with E-state index in [9.17, 15) is 4.79 Å². The van der Waals surface area contributed by atoms with Gasteiger partial charge in [-0.05, 0) is 37.5 Å². The number of amides is 1. The van der Waals surface area contributed by atoms with Crippen LogP contribution < -0.4 is 11.1 Å². The molecule has 118 valence electrons. The highest BCUT2D eigenvalue weighted by Gasteiger charge is 2.26. The van der Waals surface area contributed by atoms with E-state index >= 15 is 0 Å². The largest absolute Gasteiger partial charge is 0.353 e. The van der Waals surface area contributed by atoms with Gasteiger partial charge in [-0.3, -0.25) is 4.79 Å². The third kappa shape index (κ3) is 5.71. The molecule has 4 heteroatoms. The molecule has 0 aliphatic rings. The Balaban J connectivity index is 2.40. The summed E-state index contributed by atoms with van der Waals surface area (Å²) in [6, 6.07) is 9.72. The fraction of sp³-hybridized carbons (Fsp3) is 0.588. The van der Waals surface area contributed by atoms with Gasteiger partial charge in [-0.1, -0.05) is 44.2 Å². The first-order valence-corrected chi connectivity index (χ1v) is 8.91. The third-order valence-corrected chi connectivity index (χ3v) is 5.82. The molecule has 0 fully saturated rings. The number of rotatable bonds is 9. The molecule has 1 aromatic rings. The molecule has 0 unspecified atom stereocenters. The molecule has 0 aliphatic carbocycles. The zero-order valence-electron chi connectivity index (χ0n) is 13.4. The SMILES string of the molecule is CCC(CC)(CNC(=O)[C@@H](N)CCc1ccccc1)SC. The van der Waals surface area contributed by atoms with Crippen molar-refractivity contribution in [3.05, 3.63) is 35.9 Å². The van der Waals surface area contributed by atoms with Crippen LogP contribution in [-0.2, 0) is 11.2 Å². The van der Waals surface area contributed by atoms with Crippen molar-refractivity contribution < 1.29 is 4.79 Å². The monoisotopic (exact) mass is 308 g/mol. The molecule has 1 aromatic carbocycles. The lowest BCUT2D eigenvalue weighted by atomic mass is 10.0. The first-order chi connectivity index (χ1) is 10.1. The highest BCUT2D eigenvalue weighted by atomic mass is 32.2. The average Bonchev–Trinajstić information content (AvgIpc) is 2.55. The van der Waals surface area contributed by atoms with Crippen molar-refractivity contribution in [1.82, 2.24) is 5.32 Å². The van der Waals surface area contributed by atoms with Gasteiger partial charge in [0, 0.05) is 11.3 Å². The molecule has 0 saturated heterocycles. The number of hydrogen-bond donors (Lipinski definition) is 2. The standard InChI is InChI=1S/C17H28N2OS/c1-4-17(5-2,21-3)13-19-16(20)15(18)12-11-14-9-7-6-8-10-14/h6-10,15H,4-5,11-13,18H2,1-3H3,(H,19,20)/t15-/m0/s1. The van der Waals surface area contributed by atoms with Crippen LogP contribution in [0.4, 0.5) is 0 Å². The zero-order valence-corrected chi connectivity index (χ0v) is 14.2. The van der Waals surface area contributed by atoms with Crippen LogP contribution in [0.2, 0.25) is 0 Å². The normalized spacial score (nSPS) is 13.0. The third-order valence-electron chi connectivity index (χ3n) is 4.23. The summed E-state index contributed by atoms with van der Waals surface area (Å²) in [6.07, 6.45) is 5.72. The predicted octanol–water partition coefficient (Wildman–Crippen LogP) is 2.98. The lowest BCUT2D eigenvalue weighted by Crippen LogP contribution is -2.46. The van der Waals surface area contributed by atoms with E-state index in [-0.39, 0.29) is 10.7 Å². The molecule has 0 bridgehead atoms. The van der Waals surface area contributed by atoms with Crippen LogP contribution in [0, 0.1) is 0 Å². The molecular formula is C17H28N2OS. The second kappa shape index (κ2) is 9.11. The van der Waals surface area contributed by atoms with E-state index in [1.54, 1.807) is 0 Å². The van der Waals surface area contributed by atoms with Crippen molar-refractivity contribution in [2.45, 2.75) is 50.3 Å². The van der Waals surface area contributed by atoms with Crippen LogP contribution in [0.15, 0.2) is 30.3 Å². The number of nitrogens with two attached hydrogens (primary N) is 1. The van der Waals surface area contributed by atoms with Crippen molar-refractivity contribution in [1.29, 1.82) is 0 Å².